The molecule has 0 atom stereocenters. The second kappa shape index (κ2) is 8.06. The predicted octanol–water partition coefficient (Wildman–Crippen LogP) is 5.35. The number of aromatic nitrogens is 2. The van der Waals surface area contributed by atoms with Gasteiger partial charge in [0, 0.05) is 29.7 Å². The zero-order chi connectivity index (χ0) is 18.5. The minimum absolute atomic E-state index is 0.524. The van der Waals surface area contributed by atoms with Crippen molar-refractivity contribution in [3.8, 4) is 5.75 Å². The number of nitrogens with zero attached hydrogens (tertiary/aromatic N) is 3. The number of nitrogens with one attached hydrogen (secondary N) is 1. The normalized spacial score (nSPS) is 10.5. The van der Waals surface area contributed by atoms with Gasteiger partial charge in [-0.15, -0.1) is 0 Å². The lowest BCUT2D eigenvalue weighted by molar-refractivity contribution is 0.415. The van der Waals surface area contributed by atoms with Crippen LogP contribution in [0.3, 0.4) is 0 Å². The molecule has 1 aromatic heterocycles. The Labute approximate surface area is 158 Å². The zero-order valence-corrected chi connectivity index (χ0v) is 15.8. The van der Waals surface area contributed by atoms with E-state index < -0.39 is 0 Å². The SMILES string of the molecule is CCN(c1ccccc1)c1cc(C)nc(Nc2ccc(OC)c(Cl)c2)n1. The molecule has 3 aromatic rings. The highest BCUT2D eigenvalue weighted by molar-refractivity contribution is 6.32. The summed E-state index contributed by atoms with van der Waals surface area (Å²) >= 11 is 6.20. The van der Waals surface area contributed by atoms with E-state index in [1.807, 2.05) is 43.3 Å². The quantitative estimate of drug-likeness (QED) is 0.635. The van der Waals surface area contributed by atoms with E-state index in [0.717, 1.165) is 29.4 Å². The molecule has 5 nitrogen and oxygen atoms in total. The smallest absolute Gasteiger partial charge is 0.229 e. The van der Waals surface area contributed by atoms with Gasteiger partial charge >= 0.3 is 0 Å². The van der Waals surface area contributed by atoms with Crippen LogP contribution in [0.2, 0.25) is 5.02 Å². The summed E-state index contributed by atoms with van der Waals surface area (Å²) in [6, 6.07) is 17.6. The van der Waals surface area contributed by atoms with E-state index in [0.29, 0.717) is 16.7 Å². The molecule has 1 heterocycles. The fourth-order valence-corrected chi connectivity index (χ4v) is 2.96. The highest BCUT2D eigenvalue weighted by Gasteiger charge is 2.12. The van der Waals surface area contributed by atoms with Gasteiger partial charge in [-0.3, -0.25) is 0 Å². The van der Waals surface area contributed by atoms with Gasteiger partial charge in [0.05, 0.1) is 12.1 Å². The van der Waals surface area contributed by atoms with Crippen molar-refractivity contribution < 1.29 is 4.74 Å². The molecule has 0 fully saturated rings. The van der Waals surface area contributed by atoms with Gasteiger partial charge < -0.3 is 15.0 Å². The lowest BCUT2D eigenvalue weighted by Gasteiger charge is -2.23. The van der Waals surface area contributed by atoms with Crippen LogP contribution in [0.15, 0.2) is 54.6 Å². The number of para-hydroxylation sites is 1. The van der Waals surface area contributed by atoms with Crippen molar-refractivity contribution in [3.63, 3.8) is 0 Å². The van der Waals surface area contributed by atoms with E-state index in [2.05, 4.69) is 39.2 Å². The lowest BCUT2D eigenvalue weighted by atomic mass is 10.2. The number of benzene rings is 2. The van der Waals surface area contributed by atoms with Crippen LogP contribution in [-0.2, 0) is 0 Å². The number of aryl methyl sites for hydroxylation is 1. The number of halogens is 1. The number of anilines is 4. The van der Waals surface area contributed by atoms with Gasteiger partial charge in [-0.25, -0.2) is 4.98 Å². The third-order valence-corrected chi connectivity index (χ3v) is 4.20. The Morgan fingerprint density at radius 3 is 2.50 bits per heavy atom. The van der Waals surface area contributed by atoms with Crippen LogP contribution in [0.1, 0.15) is 12.6 Å². The number of methoxy groups -OCH3 is 1. The predicted molar refractivity (Wildman–Crippen MR) is 107 cm³/mol. The van der Waals surface area contributed by atoms with E-state index in [4.69, 9.17) is 16.3 Å². The summed E-state index contributed by atoms with van der Waals surface area (Å²) < 4.78 is 5.19. The highest BCUT2D eigenvalue weighted by Crippen LogP contribution is 2.29. The van der Waals surface area contributed by atoms with Crippen molar-refractivity contribution in [1.82, 2.24) is 9.97 Å². The van der Waals surface area contributed by atoms with Crippen LogP contribution >= 0.6 is 11.6 Å². The molecule has 0 unspecified atom stereocenters. The maximum Gasteiger partial charge on any atom is 0.229 e. The van der Waals surface area contributed by atoms with Gasteiger partial charge in [-0.2, -0.15) is 4.98 Å². The van der Waals surface area contributed by atoms with Gasteiger partial charge in [0.25, 0.3) is 0 Å². The summed E-state index contributed by atoms with van der Waals surface area (Å²) in [5.41, 5.74) is 2.77. The minimum atomic E-state index is 0.524. The first-order valence-corrected chi connectivity index (χ1v) is 8.77. The van der Waals surface area contributed by atoms with Gasteiger partial charge in [0.1, 0.15) is 11.6 Å². The van der Waals surface area contributed by atoms with E-state index in [1.165, 1.54) is 0 Å². The summed E-state index contributed by atoms with van der Waals surface area (Å²) in [6.07, 6.45) is 0. The van der Waals surface area contributed by atoms with Gasteiger partial charge in [0.2, 0.25) is 5.95 Å². The van der Waals surface area contributed by atoms with E-state index in [1.54, 1.807) is 13.2 Å². The number of ether oxygens (including phenoxy) is 1. The van der Waals surface area contributed by atoms with E-state index in [9.17, 15) is 0 Å². The zero-order valence-electron chi connectivity index (χ0n) is 15.0. The highest BCUT2D eigenvalue weighted by atomic mass is 35.5. The van der Waals surface area contributed by atoms with Gasteiger partial charge in [0.15, 0.2) is 0 Å². The first-order valence-electron chi connectivity index (χ1n) is 8.39. The molecule has 0 saturated heterocycles. The molecule has 0 aliphatic carbocycles. The third-order valence-electron chi connectivity index (χ3n) is 3.91. The molecule has 0 aliphatic heterocycles. The molecule has 3 rings (SSSR count). The largest absolute Gasteiger partial charge is 0.495 e. The van der Waals surface area contributed by atoms with Gasteiger partial charge in [-0.1, -0.05) is 29.8 Å². The first kappa shape index (κ1) is 18.0. The number of rotatable bonds is 6. The van der Waals surface area contributed by atoms with Crippen molar-refractivity contribution in [1.29, 1.82) is 0 Å². The summed E-state index contributed by atoms with van der Waals surface area (Å²) in [4.78, 5) is 11.3. The Balaban J connectivity index is 1.91. The lowest BCUT2D eigenvalue weighted by Crippen LogP contribution is -2.18. The Hall–Kier alpha value is -2.79. The Bertz CT molecular complexity index is 886. The Morgan fingerprint density at radius 2 is 1.85 bits per heavy atom. The second-order valence-electron chi connectivity index (χ2n) is 5.75. The molecule has 1 N–H and O–H groups in total. The maximum absolute atomic E-state index is 6.20. The molecule has 0 radical (unpaired) electrons. The van der Waals surface area contributed by atoms with Crippen molar-refractivity contribution in [2.45, 2.75) is 13.8 Å². The fourth-order valence-electron chi connectivity index (χ4n) is 2.70. The minimum Gasteiger partial charge on any atom is -0.495 e. The Morgan fingerprint density at radius 1 is 1.08 bits per heavy atom. The molecule has 0 spiro atoms. The average molecular weight is 369 g/mol. The average Bonchev–Trinajstić information content (AvgIpc) is 2.63. The molecule has 6 heteroatoms. The van der Waals surface area contributed by atoms with Crippen LogP contribution in [-0.4, -0.2) is 23.6 Å². The number of hydrogen-bond donors (Lipinski definition) is 1. The molecule has 0 bridgehead atoms. The van der Waals surface area contributed by atoms with Crippen LogP contribution in [0, 0.1) is 6.92 Å². The van der Waals surface area contributed by atoms with Crippen LogP contribution in [0.25, 0.3) is 0 Å². The summed E-state index contributed by atoms with van der Waals surface area (Å²) in [5.74, 6) is 1.99. The molecular weight excluding hydrogens is 348 g/mol. The molecular formula is C20H21ClN4O. The molecule has 2 aromatic carbocycles. The molecule has 26 heavy (non-hydrogen) atoms. The maximum atomic E-state index is 6.20. The molecule has 0 aliphatic rings. The fraction of sp³-hybridized carbons (Fsp3) is 0.200. The Kier molecular flexibility index (Phi) is 5.58. The van der Waals surface area contributed by atoms with Crippen LogP contribution in [0.4, 0.5) is 23.1 Å². The topological polar surface area (TPSA) is 50.3 Å². The van der Waals surface area contributed by atoms with Gasteiger partial charge in [-0.05, 0) is 44.2 Å². The van der Waals surface area contributed by atoms with E-state index >= 15 is 0 Å². The van der Waals surface area contributed by atoms with Crippen molar-refractivity contribution in [2.75, 3.05) is 23.9 Å². The van der Waals surface area contributed by atoms with E-state index in [-0.39, 0.29) is 0 Å². The summed E-state index contributed by atoms with van der Waals surface area (Å²) in [6.45, 7) is 4.85. The monoisotopic (exact) mass is 368 g/mol. The molecule has 0 saturated carbocycles. The summed E-state index contributed by atoms with van der Waals surface area (Å²) in [5, 5.41) is 3.75. The number of hydrogen-bond acceptors (Lipinski definition) is 5. The van der Waals surface area contributed by atoms with Crippen LogP contribution < -0.4 is 15.0 Å². The first-order chi connectivity index (χ1) is 12.6. The van der Waals surface area contributed by atoms with Crippen molar-refractivity contribution in [2.24, 2.45) is 0 Å². The van der Waals surface area contributed by atoms with Crippen molar-refractivity contribution >= 4 is 34.7 Å². The molecule has 0 amide bonds. The third kappa shape index (κ3) is 4.06. The second-order valence-corrected chi connectivity index (χ2v) is 6.15. The van der Waals surface area contributed by atoms with Crippen molar-refractivity contribution in [3.05, 3.63) is 65.3 Å². The summed E-state index contributed by atoms with van der Waals surface area (Å²) in [7, 11) is 1.59. The molecule has 134 valence electrons. The standard InChI is InChI=1S/C20H21ClN4O/c1-4-25(16-8-6-5-7-9-16)19-12-14(2)22-20(24-19)23-15-10-11-18(26-3)17(21)13-15/h5-13H,4H2,1-3H3,(H,22,23,24). The van der Waals surface area contributed by atoms with Crippen LogP contribution in [0.5, 0.6) is 5.75 Å².